The van der Waals surface area contributed by atoms with Crippen molar-refractivity contribution in [2.24, 2.45) is 0 Å². The summed E-state index contributed by atoms with van der Waals surface area (Å²) in [5.41, 5.74) is 3.30. The molecule has 0 N–H and O–H groups in total. The molecule has 2 rings (SSSR count). The molecule has 0 unspecified atom stereocenters. The first kappa shape index (κ1) is 14.3. The van der Waals surface area contributed by atoms with Gasteiger partial charge in [0, 0.05) is 6.20 Å². The molecule has 1 aromatic heterocycles. The summed E-state index contributed by atoms with van der Waals surface area (Å²) in [6.45, 7) is 8.11. The maximum atomic E-state index is 5.40. The number of hydrogen-bond acceptors (Lipinski definition) is 2. The summed E-state index contributed by atoms with van der Waals surface area (Å²) in [6.07, 6.45) is 4.81. The van der Waals surface area contributed by atoms with Gasteiger partial charge in [-0.3, -0.25) is 0 Å². The molecule has 0 radical (unpaired) electrons. The van der Waals surface area contributed by atoms with Gasteiger partial charge in [0.1, 0.15) is 5.75 Å². The smallest absolute Gasteiger partial charge is 0.143 e. The minimum atomic E-state index is 0.886. The maximum absolute atomic E-state index is 5.40. The predicted molar refractivity (Wildman–Crippen MR) is 75.6 cm³/mol. The SMILES string of the molecule is CC.CCc1ccc(-n2cnc(C)c2)c(OC)c1. The van der Waals surface area contributed by atoms with E-state index in [0.29, 0.717) is 0 Å². The molecule has 3 nitrogen and oxygen atoms in total. The molecule has 1 aromatic carbocycles. The molecule has 1 heterocycles. The van der Waals surface area contributed by atoms with Crippen LogP contribution in [0.5, 0.6) is 5.75 Å². The van der Waals surface area contributed by atoms with Gasteiger partial charge in [-0.1, -0.05) is 26.8 Å². The van der Waals surface area contributed by atoms with Crippen molar-refractivity contribution < 1.29 is 4.74 Å². The van der Waals surface area contributed by atoms with Crippen LogP contribution in [0, 0.1) is 6.92 Å². The van der Waals surface area contributed by atoms with E-state index in [9.17, 15) is 0 Å². The zero-order valence-electron chi connectivity index (χ0n) is 11.9. The highest BCUT2D eigenvalue weighted by Crippen LogP contribution is 2.24. The molecule has 0 spiro atoms. The summed E-state index contributed by atoms with van der Waals surface area (Å²) in [5, 5.41) is 0. The lowest BCUT2D eigenvalue weighted by Gasteiger charge is -2.10. The van der Waals surface area contributed by atoms with Crippen LogP contribution in [0.25, 0.3) is 5.69 Å². The zero-order valence-corrected chi connectivity index (χ0v) is 11.9. The molecule has 0 atom stereocenters. The van der Waals surface area contributed by atoms with Gasteiger partial charge in [0.2, 0.25) is 0 Å². The lowest BCUT2D eigenvalue weighted by molar-refractivity contribution is 0.412. The van der Waals surface area contributed by atoms with Gasteiger partial charge >= 0.3 is 0 Å². The molecule has 18 heavy (non-hydrogen) atoms. The Balaban J connectivity index is 0.000000771. The molecule has 0 aliphatic rings. The van der Waals surface area contributed by atoms with Crippen molar-refractivity contribution in [1.82, 2.24) is 9.55 Å². The van der Waals surface area contributed by atoms with Gasteiger partial charge in [-0.2, -0.15) is 0 Å². The number of nitrogens with zero attached hydrogens (tertiary/aromatic N) is 2. The lowest BCUT2D eigenvalue weighted by Crippen LogP contribution is -1.96. The van der Waals surface area contributed by atoms with Crippen LogP contribution >= 0.6 is 0 Å². The number of aryl methyl sites for hydroxylation is 2. The normalized spacial score (nSPS) is 9.61. The van der Waals surface area contributed by atoms with Crippen LogP contribution in [-0.4, -0.2) is 16.7 Å². The molecule has 2 aromatic rings. The molecule has 0 aliphatic heterocycles. The van der Waals surface area contributed by atoms with E-state index in [-0.39, 0.29) is 0 Å². The average molecular weight is 246 g/mol. The molecule has 0 bridgehead atoms. The van der Waals surface area contributed by atoms with Crippen LogP contribution in [0.4, 0.5) is 0 Å². The highest BCUT2D eigenvalue weighted by molar-refractivity contribution is 5.49. The van der Waals surface area contributed by atoms with E-state index in [1.807, 2.05) is 31.5 Å². The van der Waals surface area contributed by atoms with Gasteiger partial charge in [-0.05, 0) is 31.0 Å². The molecule has 0 saturated heterocycles. The Labute approximate surface area is 109 Å². The van der Waals surface area contributed by atoms with Crippen molar-refractivity contribution in [2.45, 2.75) is 34.1 Å². The second-order valence-electron chi connectivity index (χ2n) is 3.78. The summed E-state index contributed by atoms with van der Waals surface area (Å²) in [4.78, 5) is 4.22. The van der Waals surface area contributed by atoms with E-state index in [4.69, 9.17) is 4.74 Å². The van der Waals surface area contributed by atoms with Crippen molar-refractivity contribution in [3.63, 3.8) is 0 Å². The van der Waals surface area contributed by atoms with E-state index in [1.165, 1.54) is 5.56 Å². The Morgan fingerprint density at radius 2 is 2.00 bits per heavy atom. The second kappa shape index (κ2) is 6.84. The van der Waals surface area contributed by atoms with Crippen molar-refractivity contribution in [3.05, 3.63) is 42.0 Å². The first-order chi connectivity index (χ1) is 8.74. The lowest BCUT2D eigenvalue weighted by atomic mass is 10.1. The quantitative estimate of drug-likeness (QED) is 0.824. The van der Waals surface area contributed by atoms with E-state index in [0.717, 1.165) is 23.6 Å². The van der Waals surface area contributed by atoms with Crippen molar-refractivity contribution >= 4 is 0 Å². The van der Waals surface area contributed by atoms with Crippen LogP contribution in [0.2, 0.25) is 0 Å². The van der Waals surface area contributed by atoms with E-state index >= 15 is 0 Å². The van der Waals surface area contributed by atoms with Crippen molar-refractivity contribution in [1.29, 1.82) is 0 Å². The number of hydrogen-bond donors (Lipinski definition) is 0. The van der Waals surface area contributed by atoms with Gasteiger partial charge in [-0.15, -0.1) is 0 Å². The first-order valence-electron chi connectivity index (χ1n) is 6.42. The van der Waals surface area contributed by atoms with Crippen LogP contribution in [0.1, 0.15) is 32.0 Å². The Morgan fingerprint density at radius 1 is 1.28 bits per heavy atom. The molecular formula is C15H22N2O. The van der Waals surface area contributed by atoms with Gasteiger partial charge in [0.25, 0.3) is 0 Å². The summed E-state index contributed by atoms with van der Waals surface area (Å²) in [7, 11) is 1.70. The van der Waals surface area contributed by atoms with Gasteiger partial charge < -0.3 is 9.30 Å². The fraction of sp³-hybridized carbons (Fsp3) is 0.400. The van der Waals surface area contributed by atoms with Crippen molar-refractivity contribution in [3.8, 4) is 11.4 Å². The first-order valence-corrected chi connectivity index (χ1v) is 6.42. The van der Waals surface area contributed by atoms with Gasteiger partial charge in [0.05, 0.1) is 24.8 Å². The molecule has 0 saturated carbocycles. The second-order valence-corrected chi connectivity index (χ2v) is 3.78. The maximum Gasteiger partial charge on any atom is 0.143 e. The number of rotatable bonds is 3. The number of ether oxygens (including phenoxy) is 1. The number of methoxy groups -OCH3 is 1. The van der Waals surface area contributed by atoms with E-state index < -0.39 is 0 Å². The predicted octanol–water partition coefficient (Wildman–Crippen LogP) is 3.78. The highest BCUT2D eigenvalue weighted by Gasteiger charge is 2.06. The summed E-state index contributed by atoms with van der Waals surface area (Å²) in [6, 6.07) is 6.26. The molecule has 98 valence electrons. The molecular weight excluding hydrogens is 224 g/mol. The largest absolute Gasteiger partial charge is 0.495 e. The average Bonchev–Trinajstić information content (AvgIpc) is 2.86. The third kappa shape index (κ3) is 3.13. The van der Waals surface area contributed by atoms with E-state index in [1.54, 1.807) is 13.4 Å². The topological polar surface area (TPSA) is 27.1 Å². The third-order valence-corrected chi connectivity index (χ3v) is 2.64. The van der Waals surface area contributed by atoms with Crippen LogP contribution in [0.15, 0.2) is 30.7 Å². The Bertz CT molecular complexity index is 489. The zero-order chi connectivity index (χ0) is 13.5. The highest BCUT2D eigenvalue weighted by atomic mass is 16.5. The fourth-order valence-corrected chi connectivity index (χ4v) is 1.71. The number of benzene rings is 1. The minimum absolute atomic E-state index is 0.886. The Morgan fingerprint density at radius 3 is 2.50 bits per heavy atom. The van der Waals surface area contributed by atoms with Crippen molar-refractivity contribution in [2.75, 3.05) is 7.11 Å². The van der Waals surface area contributed by atoms with Gasteiger partial charge in [-0.25, -0.2) is 4.98 Å². The standard InChI is InChI=1S/C13H16N2O.C2H6/c1-4-11-5-6-12(13(7-11)16-3)15-8-10(2)14-9-15;1-2/h5-9H,4H2,1-3H3;1-2H3. The molecule has 0 amide bonds. The molecule has 3 heteroatoms. The van der Waals surface area contributed by atoms with Gasteiger partial charge in [0.15, 0.2) is 0 Å². The Kier molecular flexibility index (Phi) is 5.43. The van der Waals surface area contributed by atoms with Crippen LogP contribution < -0.4 is 4.74 Å². The van der Waals surface area contributed by atoms with Crippen LogP contribution in [-0.2, 0) is 6.42 Å². The van der Waals surface area contributed by atoms with Crippen LogP contribution in [0.3, 0.4) is 0 Å². The molecule has 0 aliphatic carbocycles. The summed E-state index contributed by atoms with van der Waals surface area (Å²) >= 11 is 0. The minimum Gasteiger partial charge on any atom is -0.495 e. The number of aromatic nitrogens is 2. The number of imidazole rings is 1. The molecule has 0 fully saturated rings. The Hall–Kier alpha value is -1.77. The fourth-order valence-electron chi connectivity index (χ4n) is 1.71. The monoisotopic (exact) mass is 246 g/mol. The third-order valence-electron chi connectivity index (χ3n) is 2.64. The summed E-state index contributed by atoms with van der Waals surface area (Å²) < 4.78 is 7.38. The summed E-state index contributed by atoms with van der Waals surface area (Å²) in [5.74, 6) is 0.886. The van der Waals surface area contributed by atoms with E-state index in [2.05, 4.69) is 30.1 Å².